The fourth-order valence-electron chi connectivity index (χ4n) is 5.26. The standard InChI is InChI=1S/C37H34N2O6/c1-24(20-34(40)27-14-7-4-8-15-27)45-36(42)33(21-26-12-5-3-6-13-26)39-35(41)25(2)38-37(43)44-23-29-17-11-19-31-30-18-10-9-16-28(30)22-32(29)31/h3-20,25,33H,21-23H2,1-2H3,(H,38,43)(H,39,41)/t25-,33-/m0/s1. The molecule has 0 unspecified atom stereocenters. The van der Waals surface area contributed by atoms with Crippen molar-refractivity contribution >= 4 is 23.8 Å². The van der Waals surface area contributed by atoms with Gasteiger partial charge in [-0.3, -0.25) is 9.59 Å². The molecule has 228 valence electrons. The van der Waals surface area contributed by atoms with Crippen LogP contribution in [0, 0.1) is 0 Å². The van der Waals surface area contributed by atoms with Crippen molar-refractivity contribution in [1.29, 1.82) is 0 Å². The number of nitrogens with one attached hydrogen (secondary N) is 2. The van der Waals surface area contributed by atoms with Gasteiger partial charge in [0.25, 0.3) is 0 Å². The Labute approximate surface area is 262 Å². The summed E-state index contributed by atoms with van der Waals surface area (Å²) in [7, 11) is 0. The summed E-state index contributed by atoms with van der Waals surface area (Å²) in [6.07, 6.45) is 1.38. The smallest absolute Gasteiger partial charge is 0.408 e. The van der Waals surface area contributed by atoms with Gasteiger partial charge in [0.2, 0.25) is 5.91 Å². The first-order chi connectivity index (χ1) is 21.8. The molecule has 0 aliphatic heterocycles. The van der Waals surface area contributed by atoms with E-state index in [0.29, 0.717) is 5.56 Å². The van der Waals surface area contributed by atoms with Gasteiger partial charge in [-0.05, 0) is 53.6 Å². The monoisotopic (exact) mass is 602 g/mol. The molecule has 2 amide bonds. The van der Waals surface area contributed by atoms with Gasteiger partial charge in [-0.15, -0.1) is 0 Å². The van der Waals surface area contributed by atoms with Gasteiger partial charge < -0.3 is 20.1 Å². The molecule has 1 aliphatic rings. The van der Waals surface area contributed by atoms with Gasteiger partial charge >= 0.3 is 12.1 Å². The molecule has 0 fully saturated rings. The summed E-state index contributed by atoms with van der Waals surface area (Å²) in [5.41, 5.74) is 6.80. The summed E-state index contributed by atoms with van der Waals surface area (Å²) >= 11 is 0. The van der Waals surface area contributed by atoms with Crippen LogP contribution in [0.4, 0.5) is 4.79 Å². The van der Waals surface area contributed by atoms with Crippen molar-refractivity contribution in [3.05, 3.63) is 143 Å². The molecule has 5 rings (SSSR count). The molecule has 8 heteroatoms. The second-order valence-electron chi connectivity index (χ2n) is 10.9. The van der Waals surface area contributed by atoms with E-state index in [4.69, 9.17) is 9.47 Å². The van der Waals surface area contributed by atoms with Crippen molar-refractivity contribution in [2.45, 2.75) is 45.4 Å². The van der Waals surface area contributed by atoms with Crippen molar-refractivity contribution in [2.75, 3.05) is 0 Å². The Morgan fingerprint density at radius 3 is 2.22 bits per heavy atom. The summed E-state index contributed by atoms with van der Waals surface area (Å²) in [5.74, 6) is -1.56. The summed E-state index contributed by atoms with van der Waals surface area (Å²) in [6.45, 7) is 3.05. The lowest BCUT2D eigenvalue weighted by Gasteiger charge is -2.21. The second-order valence-corrected chi connectivity index (χ2v) is 10.9. The van der Waals surface area contributed by atoms with Crippen LogP contribution in [0.3, 0.4) is 0 Å². The van der Waals surface area contributed by atoms with E-state index in [-0.39, 0.29) is 24.6 Å². The Morgan fingerprint density at radius 2 is 1.47 bits per heavy atom. The average Bonchev–Trinajstić information content (AvgIpc) is 3.43. The summed E-state index contributed by atoms with van der Waals surface area (Å²) in [5, 5.41) is 5.23. The number of carbonyl (C=O) groups excluding carboxylic acids is 4. The zero-order valence-corrected chi connectivity index (χ0v) is 25.1. The van der Waals surface area contributed by atoms with Crippen molar-refractivity contribution in [2.24, 2.45) is 0 Å². The highest BCUT2D eigenvalue weighted by Gasteiger charge is 2.27. The minimum Gasteiger partial charge on any atom is -0.445 e. The first kappa shape index (κ1) is 30.9. The lowest BCUT2D eigenvalue weighted by atomic mass is 10.0. The number of esters is 1. The molecule has 0 spiro atoms. The highest BCUT2D eigenvalue weighted by atomic mass is 16.5. The normalized spacial score (nSPS) is 13.1. The third-order valence-corrected chi connectivity index (χ3v) is 7.57. The summed E-state index contributed by atoms with van der Waals surface area (Å²) < 4.78 is 10.9. The van der Waals surface area contributed by atoms with E-state index in [1.165, 1.54) is 31.1 Å². The van der Waals surface area contributed by atoms with E-state index in [2.05, 4.69) is 28.8 Å². The van der Waals surface area contributed by atoms with Crippen molar-refractivity contribution in [3.8, 4) is 11.1 Å². The number of ketones is 1. The zero-order valence-electron chi connectivity index (χ0n) is 25.1. The third kappa shape index (κ3) is 7.92. The minimum atomic E-state index is -1.08. The number of fused-ring (bicyclic) bond motifs is 3. The topological polar surface area (TPSA) is 111 Å². The SMILES string of the molecule is CC(=CC(=O)c1ccccc1)OC(=O)[C@H](Cc1ccccc1)NC(=O)[C@H](C)NC(=O)OCc1cccc2c1Cc1ccccc1-2. The molecule has 4 aromatic rings. The van der Waals surface area contributed by atoms with Gasteiger partial charge in [-0.2, -0.15) is 0 Å². The Balaban J connectivity index is 1.19. The first-order valence-corrected chi connectivity index (χ1v) is 14.7. The van der Waals surface area contributed by atoms with Gasteiger partial charge in [0, 0.05) is 18.1 Å². The lowest BCUT2D eigenvalue weighted by molar-refractivity contribution is -0.144. The van der Waals surface area contributed by atoms with Crippen LogP contribution in [-0.2, 0) is 38.5 Å². The van der Waals surface area contributed by atoms with Gasteiger partial charge in [-0.1, -0.05) is 103 Å². The molecular formula is C37H34N2O6. The molecule has 0 bridgehead atoms. The average molecular weight is 603 g/mol. The third-order valence-electron chi connectivity index (χ3n) is 7.57. The quantitative estimate of drug-likeness (QED) is 0.0839. The molecule has 8 nitrogen and oxygen atoms in total. The molecule has 0 aromatic heterocycles. The molecule has 2 N–H and O–H groups in total. The van der Waals surface area contributed by atoms with Crippen LogP contribution in [0.2, 0.25) is 0 Å². The Hall–Kier alpha value is -5.50. The van der Waals surface area contributed by atoms with Crippen molar-refractivity contribution < 1.29 is 28.7 Å². The molecule has 2 atom stereocenters. The number of alkyl carbamates (subject to hydrolysis) is 1. The Kier molecular flexibility index (Phi) is 9.84. The van der Waals surface area contributed by atoms with E-state index < -0.39 is 30.1 Å². The van der Waals surface area contributed by atoms with Gasteiger partial charge in [0.05, 0.1) is 0 Å². The fourth-order valence-corrected chi connectivity index (χ4v) is 5.26. The number of hydrogen-bond acceptors (Lipinski definition) is 6. The van der Waals surface area contributed by atoms with Gasteiger partial charge in [0.15, 0.2) is 5.78 Å². The van der Waals surface area contributed by atoms with Gasteiger partial charge in [0.1, 0.15) is 24.4 Å². The maximum atomic E-state index is 13.2. The van der Waals surface area contributed by atoms with Crippen LogP contribution in [0.15, 0.2) is 115 Å². The highest BCUT2D eigenvalue weighted by molar-refractivity contribution is 6.04. The number of benzene rings is 4. The summed E-state index contributed by atoms with van der Waals surface area (Å²) in [4.78, 5) is 51.5. The number of amides is 2. The molecule has 0 heterocycles. The van der Waals surface area contributed by atoms with E-state index in [1.807, 2.05) is 54.6 Å². The molecule has 45 heavy (non-hydrogen) atoms. The largest absolute Gasteiger partial charge is 0.445 e. The maximum Gasteiger partial charge on any atom is 0.408 e. The zero-order chi connectivity index (χ0) is 31.8. The highest BCUT2D eigenvalue weighted by Crippen LogP contribution is 2.38. The molecular weight excluding hydrogens is 568 g/mol. The van der Waals surface area contributed by atoms with Crippen LogP contribution in [-0.4, -0.2) is 35.8 Å². The van der Waals surface area contributed by atoms with E-state index in [1.54, 1.807) is 30.3 Å². The van der Waals surface area contributed by atoms with E-state index in [9.17, 15) is 19.2 Å². The number of allylic oxidation sites excluding steroid dienone is 2. The number of hydrogen-bond donors (Lipinski definition) is 2. The first-order valence-electron chi connectivity index (χ1n) is 14.7. The number of carbonyl (C=O) groups is 4. The van der Waals surface area contributed by atoms with Crippen LogP contribution in [0.25, 0.3) is 11.1 Å². The second kappa shape index (κ2) is 14.3. The Morgan fingerprint density at radius 1 is 0.800 bits per heavy atom. The number of rotatable bonds is 11. The molecule has 0 radical (unpaired) electrons. The van der Waals surface area contributed by atoms with Crippen LogP contribution in [0.1, 0.15) is 46.5 Å². The van der Waals surface area contributed by atoms with E-state index >= 15 is 0 Å². The predicted octanol–water partition coefficient (Wildman–Crippen LogP) is 5.93. The summed E-state index contributed by atoms with van der Waals surface area (Å²) in [6, 6.07) is 29.8. The van der Waals surface area contributed by atoms with Crippen molar-refractivity contribution in [3.63, 3.8) is 0 Å². The molecule has 4 aromatic carbocycles. The van der Waals surface area contributed by atoms with Crippen LogP contribution < -0.4 is 10.6 Å². The molecule has 0 saturated carbocycles. The van der Waals surface area contributed by atoms with Crippen molar-refractivity contribution in [1.82, 2.24) is 10.6 Å². The van der Waals surface area contributed by atoms with E-state index in [0.717, 1.165) is 28.7 Å². The number of ether oxygens (including phenoxy) is 2. The minimum absolute atomic E-state index is 0.0492. The van der Waals surface area contributed by atoms with Crippen LogP contribution in [0.5, 0.6) is 0 Å². The van der Waals surface area contributed by atoms with Crippen LogP contribution >= 0.6 is 0 Å². The molecule has 0 saturated heterocycles. The predicted molar refractivity (Wildman–Crippen MR) is 170 cm³/mol. The maximum absolute atomic E-state index is 13.2. The molecule has 1 aliphatic carbocycles. The fraction of sp³-hybridized carbons (Fsp3) is 0.189. The Bertz CT molecular complexity index is 1730. The van der Waals surface area contributed by atoms with Gasteiger partial charge in [-0.25, -0.2) is 9.59 Å². The lowest BCUT2D eigenvalue weighted by Crippen LogP contribution is -2.51.